The van der Waals surface area contributed by atoms with Crippen LogP contribution < -0.4 is 10.6 Å². The molecule has 0 aliphatic heterocycles. The minimum atomic E-state index is -0.346. The molecule has 3 aromatic heterocycles. The summed E-state index contributed by atoms with van der Waals surface area (Å²) in [6, 6.07) is 12.6. The van der Waals surface area contributed by atoms with E-state index in [9.17, 15) is 4.79 Å². The Hall–Kier alpha value is -4.01. The molecule has 0 bridgehead atoms. The van der Waals surface area contributed by atoms with Gasteiger partial charge in [-0.05, 0) is 36.4 Å². The lowest BCUT2D eigenvalue weighted by molar-refractivity contribution is 0.262. The number of hydrogen-bond acceptors (Lipinski definition) is 5. The van der Waals surface area contributed by atoms with E-state index in [-0.39, 0.29) is 6.03 Å². The van der Waals surface area contributed by atoms with Crippen molar-refractivity contribution in [2.24, 2.45) is 0 Å². The fourth-order valence-electron chi connectivity index (χ4n) is 2.51. The Morgan fingerprint density at radius 1 is 1.00 bits per heavy atom. The number of benzene rings is 1. The highest BCUT2D eigenvalue weighted by Gasteiger charge is 2.06. The smallest absolute Gasteiger partial charge is 0.308 e. The molecule has 0 saturated heterocycles. The summed E-state index contributed by atoms with van der Waals surface area (Å²) >= 11 is 0. The average molecular weight is 360 g/mol. The third-order valence-electron chi connectivity index (χ3n) is 3.75. The zero-order valence-electron chi connectivity index (χ0n) is 14.2. The molecule has 0 aliphatic carbocycles. The highest BCUT2D eigenvalue weighted by Crippen LogP contribution is 2.13. The molecule has 9 nitrogen and oxygen atoms in total. The second-order valence-electron chi connectivity index (χ2n) is 5.72. The van der Waals surface area contributed by atoms with E-state index in [1.807, 2.05) is 30.3 Å². The molecule has 0 unspecified atom stereocenters. The molecular formula is C18H16N8O. The van der Waals surface area contributed by atoms with Crippen molar-refractivity contribution in [3.05, 3.63) is 79.1 Å². The fourth-order valence-corrected chi connectivity index (χ4v) is 2.51. The highest BCUT2D eigenvalue weighted by atomic mass is 16.2. The number of nitrogens with one attached hydrogen (secondary N) is 2. The van der Waals surface area contributed by atoms with Gasteiger partial charge in [0.15, 0.2) is 0 Å². The van der Waals surface area contributed by atoms with Gasteiger partial charge < -0.3 is 10.6 Å². The maximum Gasteiger partial charge on any atom is 0.323 e. The van der Waals surface area contributed by atoms with Gasteiger partial charge >= 0.3 is 6.03 Å². The second kappa shape index (κ2) is 7.48. The van der Waals surface area contributed by atoms with E-state index in [4.69, 9.17) is 0 Å². The van der Waals surface area contributed by atoms with Crippen LogP contribution in [0.1, 0.15) is 5.69 Å². The number of hydrogen-bond donors (Lipinski definition) is 2. The predicted octanol–water partition coefficient (Wildman–Crippen LogP) is 2.55. The summed E-state index contributed by atoms with van der Waals surface area (Å²) in [6.45, 7) is 0.536. The lowest BCUT2D eigenvalue weighted by Gasteiger charge is -2.07. The van der Waals surface area contributed by atoms with Gasteiger partial charge in [0.05, 0.1) is 42.2 Å². The minimum Gasteiger partial charge on any atom is -0.308 e. The summed E-state index contributed by atoms with van der Waals surface area (Å²) in [6.07, 6.45) is 8.43. The Morgan fingerprint density at radius 2 is 1.85 bits per heavy atom. The van der Waals surface area contributed by atoms with Crippen molar-refractivity contribution in [3.63, 3.8) is 0 Å². The molecule has 0 radical (unpaired) electrons. The zero-order valence-corrected chi connectivity index (χ0v) is 14.2. The van der Waals surface area contributed by atoms with Crippen molar-refractivity contribution >= 4 is 17.4 Å². The molecule has 9 heteroatoms. The quantitative estimate of drug-likeness (QED) is 0.569. The first-order chi connectivity index (χ1) is 13.3. The van der Waals surface area contributed by atoms with Crippen molar-refractivity contribution in [1.29, 1.82) is 0 Å². The Balaban J connectivity index is 1.34. The van der Waals surface area contributed by atoms with Gasteiger partial charge in [0, 0.05) is 18.1 Å². The third-order valence-corrected chi connectivity index (χ3v) is 3.75. The van der Waals surface area contributed by atoms with E-state index in [1.54, 1.807) is 52.5 Å². The number of anilines is 2. The van der Waals surface area contributed by atoms with Crippen molar-refractivity contribution in [2.45, 2.75) is 6.54 Å². The summed E-state index contributed by atoms with van der Waals surface area (Å²) in [7, 11) is 0. The molecule has 0 aliphatic rings. The molecule has 2 N–H and O–H groups in total. The number of urea groups is 1. The van der Waals surface area contributed by atoms with Crippen LogP contribution in [0.25, 0.3) is 5.69 Å². The number of aromatic nitrogens is 6. The number of carbonyl (C=O) groups is 1. The maximum atomic E-state index is 12.2. The fraction of sp³-hybridized carbons (Fsp3) is 0.0556. The van der Waals surface area contributed by atoms with Crippen LogP contribution in [0.5, 0.6) is 0 Å². The molecule has 4 rings (SSSR count). The summed E-state index contributed by atoms with van der Waals surface area (Å²) in [5, 5.41) is 17.4. The van der Waals surface area contributed by atoms with E-state index < -0.39 is 0 Å². The Kier molecular flexibility index (Phi) is 4.56. The Labute approximate surface area is 154 Å². The maximum absolute atomic E-state index is 12.2. The van der Waals surface area contributed by atoms with Gasteiger partial charge in [0.25, 0.3) is 0 Å². The lowest BCUT2D eigenvalue weighted by Crippen LogP contribution is -2.19. The van der Waals surface area contributed by atoms with Crippen LogP contribution in [0.15, 0.2) is 73.4 Å². The summed E-state index contributed by atoms with van der Waals surface area (Å²) in [4.78, 5) is 16.4. The molecule has 1 aromatic carbocycles. The van der Waals surface area contributed by atoms with Gasteiger partial charge in [0.1, 0.15) is 0 Å². The van der Waals surface area contributed by atoms with Gasteiger partial charge in [-0.2, -0.15) is 5.10 Å². The topological polar surface area (TPSA) is 103 Å². The molecule has 0 spiro atoms. The summed E-state index contributed by atoms with van der Waals surface area (Å²) < 4.78 is 3.35. The number of nitrogens with zero attached hydrogens (tertiary/aromatic N) is 6. The molecule has 4 aromatic rings. The molecule has 2 amide bonds. The molecule has 134 valence electrons. The van der Waals surface area contributed by atoms with E-state index >= 15 is 0 Å². The van der Waals surface area contributed by atoms with Crippen LogP contribution >= 0.6 is 0 Å². The van der Waals surface area contributed by atoms with Crippen LogP contribution in [0.4, 0.5) is 16.2 Å². The number of rotatable bonds is 5. The highest BCUT2D eigenvalue weighted by molar-refractivity contribution is 5.99. The van der Waals surface area contributed by atoms with Crippen LogP contribution in [0, 0.1) is 0 Å². The van der Waals surface area contributed by atoms with Crippen LogP contribution in [0.2, 0.25) is 0 Å². The van der Waals surface area contributed by atoms with Crippen LogP contribution in [-0.2, 0) is 6.54 Å². The second-order valence-corrected chi connectivity index (χ2v) is 5.72. The summed E-state index contributed by atoms with van der Waals surface area (Å²) in [5.41, 5.74) is 3.01. The van der Waals surface area contributed by atoms with E-state index in [0.717, 1.165) is 11.4 Å². The van der Waals surface area contributed by atoms with E-state index in [0.29, 0.717) is 17.9 Å². The molecule has 3 heterocycles. The number of amides is 2. The third kappa shape index (κ3) is 4.15. The molecular weight excluding hydrogens is 344 g/mol. The van der Waals surface area contributed by atoms with Gasteiger partial charge in [0.2, 0.25) is 0 Å². The van der Waals surface area contributed by atoms with Crippen molar-refractivity contribution in [3.8, 4) is 5.69 Å². The zero-order chi connectivity index (χ0) is 18.5. The van der Waals surface area contributed by atoms with Gasteiger partial charge in [-0.1, -0.05) is 11.3 Å². The van der Waals surface area contributed by atoms with E-state index in [2.05, 4.69) is 31.0 Å². The first kappa shape index (κ1) is 16.5. The first-order valence-electron chi connectivity index (χ1n) is 8.23. The minimum absolute atomic E-state index is 0.346. The monoisotopic (exact) mass is 360 g/mol. The number of carbonyl (C=O) groups excluding carboxylic acids is 1. The lowest BCUT2D eigenvalue weighted by atomic mass is 10.3. The van der Waals surface area contributed by atoms with Gasteiger partial charge in [-0.3, -0.25) is 9.67 Å². The Morgan fingerprint density at radius 3 is 2.59 bits per heavy atom. The normalized spacial score (nSPS) is 10.5. The summed E-state index contributed by atoms with van der Waals surface area (Å²) in [5.74, 6) is 0. The molecule has 0 atom stereocenters. The predicted molar refractivity (Wildman–Crippen MR) is 99.6 cm³/mol. The SMILES string of the molecule is O=C(Nc1ccc(-n2ccnn2)cc1)Nc1cnn(Cc2ccccn2)c1. The largest absolute Gasteiger partial charge is 0.323 e. The first-order valence-corrected chi connectivity index (χ1v) is 8.23. The van der Waals surface area contributed by atoms with E-state index in [1.165, 1.54) is 0 Å². The van der Waals surface area contributed by atoms with Crippen molar-refractivity contribution in [1.82, 2.24) is 29.8 Å². The molecule has 0 saturated carbocycles. The van der Waals surface area contributed by atoms with Crippen molar-refractivity contribution in [2.75, 3.05) is 10.6 Å². The number of pyridine rings is 1. The van der Waals surface area contributed by atoms with Gasteiger partial charge in [-0.15, -0.1) is 5.10 Å². The van der Waals surface area contributed by atoms with Crippen molar-refractivity contribution < 1.29 is 4.79 Å². The molecule has 0 fully saturated rings. The average Bonchev–Trinajstić information content (AvgIpc) is 3.36. The Bertz CT molecular complexity index is 1010. The standard InChI is InChI=1S/C18H16N8O/c27-18(22-14-4-6-17(7-5-14)26-10-9-20-24-26)23-16-11-21-25(13-16)12-15-3-1-2-8-19-15/h1-11,13H,12H2,(H2,22,23,27). The van der Waals surface area contributed by atoms with Crippen LogP contribution in [0.3, 0.4) is 0 Å². The van der Waals surface area contributed by atoms with Crippen LogP contribution in [-0.4, -0.2) is 35.8 Å². The molecule has 27 heavy (non-hydrogen) atoms. The van der Waals surface area contributed by atoms with Gasteiger partial charge in [-0.25, -0.2) is 9.48 Å².